The van der Waals surface area contributed by atoms with Gasteiger partial charge in [-0.3, -0.25) is 4.79 Å². The normalized spacial score (nSPS) is 11.4. The number of aromatic nitrogens is 3. The molecule has 0 radical (unpaired) electrons. The third-order valence-electron chi connectivity index (χ3n) is 4.48. The number of hydrogen-bond donors (Lipinski definition) is 1. The molecule has 0 saturated heterocycles. The molecule has 1 aromatic carbocycles. The lowest BCUT2D eigenvalue weighted by Crippen LogP contribution is -2.26. The molecular formula is C21H24N4O2S2. The summed E-state index contributed by atoms with van der Waals surface area (Å²) < 4.78 is -0.113. The molecule has 0 atom stereocenters. The van der Waals surface area contributed by atoms with Gasteiger partial charge in [0.2, 0.25) is 0 Å². The Balaban J connectivity index is 1.57. The van der Waals surface area contributed by atoms with Crippen LogP contribution in [-0.4, -0.2) is 44.6 Å². The van der Waals surface area contributed by atoms with E-state index in [1.54, 1.807) is 13.8 Å². The number of thiazole rings is 1. The van der Waals surface area contributed by atoms with Gasteiger partial charge in [0.25, 0.3) is 0 Å². The van der Waals surface area contributed by atoms with Gasteiger partial charge >= 0.3 is 5.97 Å². The van der Waals surface area contributed by atoms with E-state index in [0.29, 0.717) is 0 Å². The number of likely N-dealkylation sites (N-methyl/N-ethyl adjacent to an activating group) is 1. The number of nitrogens with zero attached hydrogens (tertiary/aromatic N) is 4. The van der Waals surface area contributed by atoms with Crippen molar-refractivity contribution in [3.05, 3.63) is 53.0 Å². The Bertz CT molecular complexity index is 969. The quantitative estimate of drug-likeness (QED) is 0.528. The first kappa shape index (κ1) is 21.3. The van der Waals surface area contributed by atoms with Crippen LogP contribution in [0.2, 0.25) is 0 Å². The van der Waals surface area contributed by atoms with Gasteiger partial charge in [-0.15, -0.1) is 21.5 Å². The lowest BCUT2D eigenvalue weighted by atomic mass is 10.1. The van der Waals surface area contributed by atoms with Gasteiger partial charge in [0.05, 0.1) is 11.4 Å². The number of carboxylic acid groups (broad SMARTS) is 1. The molecule has 6 nitrogen and oxygen atoms in total. The molecule has 0 unspecified atom stereocenters. The molecule has 0 bridgehead atoms. The van der Waals surface area contributed by atoms with Crippen molar-refractivity contribution >= 4 is 34.9 Å². The van der Waals surface area contributed by atoms with Crippen molar-refractivity contribution in [2.75, 3.05) is 18.5 Å². The van der Waals surface area contributed by atoms with Gasteiger partial charge in [-0.2, -0.15) is 0 Å². The highest BCUT2D eigenvalue weighted by molar-refractivity contribution is 8.02. The lowest BCUT2D eigenvalue weighted by Gasteiger charge is -2.17. The highest BCUT2D eigenvalue weighted by Crippen LogP contribution is 2.34. The van der Waals surface area contributed by atoms with Crippen LogP contribution >= 0.6 is 23.1 Å². The molecule has 0 spiro atoms. The monoisotopic (exact) mass is 428 g/mol. The van der Waals surface area contributed by atoms with Crippen LogP contribution in [0, 0.1) is 6.92 Å². The van der Waals surface area contributed by atoms with E-state index in [1.165, 1.54) is 28.7 Å². The maximum absolute atomic E-state index is 11.3. The van der Waals surface area contributed by atoms with Crippen molar-refractivity contribution in [3.63, 3.8) is 0 Å². The Hall–Kier alpha value is -2.45. The predicted molar refractivity (Wildman–Crippen MR) is 119 cm³/mol. The van der Waals surface area contributed by atoms with E-state index < -0.39 is 10.7 Å². The summed E-state index contributed by atoms with van der Waals surface area (Å²) in [6.45, 7) is 6.18. The molecule has 3 rings (SSSR count). The third kappa shape index (κ3) is 5.55. The van der Waals surface area contributed by atoms with Crippen LogP contribution in [-0.2, 0) is 11.2 Å². The highest BCUT2D eigenvalue weighted by Gasteiger charge is 2.29. The zero-order valence-corrected chi connectivity index (χ0v) is 18.5. The van der Waals surface area contributed by atoms with E-state index in [2.05, 4.69) is 34.2 Å². The Morgan fingerprint density at radius 2 is 1.90 bits per heavy atom. The maximum atomic E-state index is 11.3. The molecule has 0 aliphatic carbocycles. The van der Waals surface area contributed by atoms with Crippen LogP contribution in [0.5, 0.6) is 0 Å². The molecule has 1 N–H and O–H groups in total. The van der Waals surface area contributed by atoms with E-state index >= 15 is 0 Å². The fourth-order valence-corrected chi connectivity index (χ4v) is 4.74. The molecule has 0 saturated carbocycles. The van der Waals surface area contributed by atoms with Gasteiger partial charge in [-0.25, -0.2) is 4.98 Å². The molecule has 3 aromatic rings. The Labute approximate surface area is 179 Å². The summed E-state index contributed by atoms with van der Waals surface area (Å²) in [5, 5.41) is 19.9. The number of hydrogen-bond acceptors (Lipinski definition) is 7. The Morgan fingerprint density at radius 3 is 2.52 bits per heavy atom. The van der Waals surface area contributed by atoms with Gasteiger partial charge in [-0.05, 0) is 32.9 Å². The van der Waals surface area contributed by atoms with Gasteiger partial charge < -0.3 is 10.0 Å². The van der Waals surface area contributed by atoms with E-state index in [0.717, 1.165) is 40.1 Å². The summed E-state index contributed by atoms with van der Waals surface area (Å²) in [5.41, 5.74) is 4.07. The summed E-state index contributed by atoms with van der Waals surface area (Å²) in [6.07, 6.45) is 0.752. The minimum atomic E-state index is -0.888. The number of thioether (sulfide) groups is 1. The van der Waals surface area contributed by atoms with Crippen molar-refractivity contribution in [2.24, 2.45) is 0 Å². The standard InChI is InChI=1S/C21H24N4O2S2/c1-14-5-7-15(8-6-14)17-9-10-18(24-23-17)25(4)12-11-16-13-28-20(22-16)29-21(2,3)19(26)27/h5-10,13H,11-12H2,1-4H3,(H,26,27). The molecule has 152 valence electrons. The fourth-order valence-electron chi connectivity index (χ4n) is 2.52. The zero-order valence-electron chi connectivity index (χ0n) is 16.9. The first-order valence-corrected chi connectivity index (χ1v) is 10.9. The van der Waals surface area contributed by atoms with Gasteiger partial charge in [0, 0.05) is 31.0 Å². The van der Waals surface area contributed by atoms with Crippen molar-refractivity contribution in [1.82, 2.24) is 15.2 Å². The second-order valence-electron chi connectivity index (χ2n) is 7.34. The minimum Gasteiger partial charge on any atom is -0.480 e. The van der Waals surface area contributed by atoms with Crippen LogP contribution in [0.4, 0.5) is 5.82 Å². The average Bonchev–Trinajstić information content (AvgIpc) is 3.13. The van der Waals surface area contributed by atoms with Gasteiger partial charge in [-0.1, -0.05) is 41.6 Å². The molecule has 2 aromatic heterocycles. The molecular weight excluding hydrogens is 404 g/mol. The van der Waals surface area contributed by atoms with Crippen molar-refractivity contribution < 1.29 is 9.90 Å². The van der Waals surface area contributed by atoms with Crippen LogP contribution in [0.25, 0.3) is 11.3 Å². The zero-order chi connectivity index (χ0) is 21.0. The van der Waals surface area contributed by atoms with Crippen LogP contribution in [0.1, 0.15) is 25.1 Å². The van der Waals surface area contributed by atoms with E-state index in [9.17, 15) is 9.90 Å². The number of anilines is 1. The van der Waals surface area contributed by atoms with Crippen LogP contribution in [0.15, 0.2) is 46.1 Å². The van der Waals surface area contributed by atoms with Crippen LogP contribution < -0.4 is 4.90 Å². The van der Waals surface area contributed by atoms with E-state index in [-0.39, 0.29) is 0 Å². The highest BCUT2D eigenvalue weighted by atomic mass is 32.2. The van der Waals surface area contributed by atoms with Gasteiger partial charge in [0.15, 0.2) is 10.2 Å². The number of carbonyl (C=O) groups is 1. The summed E-state index contributed by atoms with van der Waals surface area (Å²) in [6, 6.07) is 12.2. The third-order valence-corrected chi connectivity index (χ3v) is 6.65. The molecule has 29 heavy (non-hydrogen) atoms. The molecule has 0 aliphatic heterocycles. The molecule has 2 heterocycles. The van der Waals surface area contributed by atoms with Crippen molar-refractivity contribution in [2.45, 2.75) is 36.3 Å². The maximum Gasteiger partial charge on any atom is 0.319 e. The smallest absolute Gasteiger partial charge is 0.319 e. The number of benzene rings is 1. The number of rotatable bonds is 8. The van der Waals surface area contributed by atoms with Crippen LogP contribution in [0.3, 0.4) is 0 Å². The van der Waals surface area contributed by atoms with E-state index in [1.807, 2.05) is 41.6 Å². The molecule has 0 amide bonds. The first-order chi connectivity index (χ1) is 13.7. The Morgan fingerprint density at radius 1 is 1.17 bits per heavy atom. The number of aliphatic carboxylic acids is 1. The molecule has 0 fully saturated rings. The lowest BCUT2D eigenvalue weighted by molar-refractivity contribution is -0.138. The predicted octanol–water partition coefficient (Wildman–Crippen LogP) is 4.54. The fraction of sp³-hybridized carbons (Fsp3) is 0.333. The van der Waals surface area contributed by atoms with Crippen molar-refractivity contribution in [3.8, 4) is 11.3 Å². The van der Waals surface area contributed by atoms with Crippen molar-refractivity contribution in [1.29, 1.82) is 0 Å². The first-order valence-electron chi connectivity index (χ1n) is 9.23. The topological polar surface area (TPSA) is 79.2 Å². The largest absolute Gasteiger partial charge is 0.480 e. The Kier molecular flexibility index (Phi) is 6.54. The minimum absolute atomic E-state index is 0.745. The number of aryl methyl sites for hydroxylation is 1. The second kappa shape index (κ2) is 8.92. The summed E-state index contributed by atoms with van der Waals surface area (Å²) in [7, 11) is 1.98. The van der Waals surface area contributed by atoms with E-state index in [4.69, 9.17) is 0 Å². The molecule has 0 aliphatic rings. The van der Waals surface area contributed by atoms with Gasteiger partial charge in [0.1, 0.15) is 4.75 Å². The molecule has 8 heteroatoms. The summed E-state index contributed by atoms with van der Waals surface area (Å²) in [5.74, 6) is -0.0376. The SMILES string of the molecule is Cc1ccc(-c2ccc(N(C)CCc3csc(SC(C)(C)C(=O)O)n3)nn2)cc1. The number of carboxylic acids is 1. The summed E-state index contributed by atoms with van der Waals surface area (Å²) in [4.78, 5) is 17.9. The average molecular weight is 429 g/mol. The second-order valence-corrected chi connectivity index (χ2v) is 10.1. The summed E-state index contributed by atoms with van der Waals surface area (Å²) >= 11 is 2.76.